The van der Waals surface area contributed by atoms with Crippen molar-refractivity contribution in [2.24, 2.45) is 0 Å². The summed E-state index contributed by atoms with van der Waals surface area (Å²) in [6, 6.07) is 11.0. The van der Waals surface area contributed by atoms with Crippen LogP contribution in [0.3, 0.4) is 0 Å². The van der Waals surface area contributed by atoms with Gasteiger partial charge in [-0.05, 0) is 30.2 Å². The fourth-order valence-electron chi connectivity index (χ4n) is 3.54. The van der Waals surface area contributed by atoms with Crippen molar-refractivity contribution >= 4 is 17.5 Å². The largest absolute Gasteiger partial charge is 0.378 e. The van der Waals surface area contributed by atoms with E-state index in [4.69, 9.17) is 0 Å². The Bertz CT molecular complexity index is 905. The summed E-state index contributed by atoms with van der Waals surface area (Å²) in [5.74, 6) is -3.04. The van der Waals surface area contributed by atoms with Gasteiger partial charge in [-0.2, -0.15) is 0 Å². The molecule has 160 valence electrons. The second-order valence-corrected chi connectivity index (χ2v) is 7.38. The van der Waals surface area contributed by atoms with Crippen molar-refractivity contribution in [3.8, 4) is 0 Å². The molecule has 0 bridgehead atoms. The molecule has 30 heavy (non-hydrogen) atoms. The highest BCUT2D eigenvalue weighted by atomic mass is 19.2. The van der Waals surface area contributed by atoms with E-state index in [0.29, 0.717) is 32.6 Å². The van der Waals surface area contributed by atoms with Crippen LogP contribution in [0.25, 0.3) is 0 Å². The number of halogens is 2. The summed E-state index contributed by atoms with van der Waals surface area (Å²) in [6.07, 6.45) is -1.03. The standard InChI is InChI=1S/C22H25F2N3O3/c1-15(28)25-17-8-6-16(7-9-17)14-26-10-3-11-27(13-12-26)22(30)21(29)18-4-2-5-19(23)20(18)24/h2,4-9,21,29H,3,10-14H2,1H3,(H,25,28). The van der Waals surface area contributed by atoms with Gasteiger partial charge in [0.1, 0.15) is 0 Å². The van der Waals surface area contributed by atoms with Crippen LogP contribution in [0.1, 0.15) is 30.6 Å². The van der Waals surface area contributed by atoms with Crippen LogP contribution in [0.5, 0.6) is 0 Å². The summed E-state index contributed by atoms with van der Waals surface area (Å²) in [5.41, 5.74) is 1.46. The molecule has 0 radical (unpaired) electrons. The predicted molar refractivity (Wildman–Crippen MR) is 109 cm³/mol. The van der Waals surface area contributed by atoms with Crippen molar-refractivity contribution in [2.45, 2.75) is 26.0 Å². The quantitative estimate of drug-likeness (QED) is 0.785. The first-order chi connectivity index (χ1) is 14.3. The molecule has 2 amide bonds. The molecule has 1 heterocycles. The van der Waals surface area contributed by atoms with E-state index in [-0.39, 0.29) is 11.5 Å². The lowest BCUT2D eigenvalue weighted by Gasteiger charge is -2.24. The summed E-state index contributed by atoms with van der Waals surface area (Å²) in [7, 11) is 0. The zero-order valence-electron chi connectivity index (χ0n) is 16.8. The fourth-order valence-corrected chi connectivity index (χ4v) is 3.54. The van der Waals surface area contributed by atoms with E-state index in [1.807, 2.05) is 24.3 Å². The third-order valence-corrected chi connectivity index (χ3v) is 5.09. The van der Waals surface area contributed by atoms with Gasteiger partial charge in [0.15, 0.2) is 17.7 Å². The maximum absolute atomic E-state index is 13.9. The number of hydrogen-bond acceptors (Lipinski definition) is 4. The topological polar surface area (TPSA) is 72.9 Å². The minimum Gasteiger partial charge on any atom is -0.378 e. The van der Waals surface area contributed by atoms with E-state index in [1.54, 1.807) is 0 Å². The Labute approximate surface area is 174 Å². The van der Waals surface area contributed by atoms with E-state index >= 15 is 0 Å². The fraction of sp³-hybridized carbons (Fsp3) is 0.364. The van der Waals surface area contributed by atoms with E-state index in [1.165, 1.54) is 24.0 Å². The molecular weight excluding hydrogens is 392 g/mol. The van der Waals surface area contributed by atoms with E-state index in [2.05, 4.69) is 10.2 Å². The van der Waals surface area contributed by atoms with Crippen LogP contribution in [0.2, 0.25) is 0 Å². The molecular formula is C22H25F2N3O3. The highest BCUT2D eigenvalue weighted by molar-refractivity contribution is 5.88. The van der Waals surface area contributed by atoms with Crippen molar-refractivity contribution in [3.05, 3.63) is 65.2 Å². The first-order valence-electron chi connectivity index (χ1n) is 9.85. The Morgan fingerprint density at radius 1 is 1.07 bits per heavy atom. The van der Waals surface area contributed by atoms with Gasteiger partial charge in [-0.15, -0.1) is 0 Å². The van der Waals surface area contributed by atoms with Crippen LogP contribution < -0.4 is 5.32 Å². The number of aliphatic hydroxyl groups excluding tert-OH is 1. The molecule has 0 saturated carbocycles. The molecule has 1 aliphatic rings. The van der Waals surface area contributed by atoms with Crippen molar-refractivity contribution in [1.29, 1.82) is 0 Å². The van der Waals surface area contributed by atoms with Gasteiger partial charge in [-0.25, -0.2) is 8.78 Å². The SMILES string of the molecule is CC(=O)Nc1ccc(CN2CCCN(C(=O)C(O)c3cccc(F)c3F)CC2)cc1. The van der Waals surface area contributed by atoms with Crippen molar-refractivity contribution < 1.29 is 23.5 Å². The number of benzene rings is 2. The summed E-state index contributed by atoms with van der Waals surface area (Å²) < 4.78 is 27.3. The number of nitrogens with zero attached hydrogens (tertiary/aromatic N) is 2. The molecule has 2 N–H and O–H groups in total. The number of amides is 2. The van der Waals surface area contributed by atoms with Crippen LogP contribution in [0.15, 0.2) is 42.5 Å². The average molecular weight is 417 g/mol. The molecule has 3 rings (SSSR count). The maximum atomic E-state index is 13.9. The van der Waals surface area contributed by atoms with E-state index < -0.39 is 23.6 Å². The third kappa shape index (κ3) is 5.40. The summed E-state index contributed by atoms with van der Waals surface area (Å²) in [6.45, 7) is 4.32. The molecule has 1 aliphatic heterocycles. The van der Waals surface area contributed by atoms with Gasteiger partial charge >= 0.3 is 0 Å². The molecule has 6 nitrogen and oxygen atoms in total. The number of hydrogen-bond donors (Lipinski definition) is 2. The zero-order valence-corrected chi connectivity index (χ0v) is 16.8. The van der Waals surface area contributed by atoms with Gasteiger partial charge in [0.25, 0.3) is 5.91 Å². The first kappa shape index (κ1) is 21.9. The molecule has 2 aromatic carbocycles. The van der Waals surface area contributed by atoms with Crippen LogP contribution in [-0.4, -0.2) is 52.9 Å². The molecule has 0 spiro atoms. The first-order valence-corrected chi connectivity index (χ1v) is 9.85. The van der Waals surface area contributed by atoms with E-state index in [0.717, 1.165) is 23.9 Å². The third-order valence-electron chi connectivity index (χ3n) is 5.09. The lowest BCUT2D eigenvalue weighted by Crippen LogP contribution is -2.38. The molecule has 1 saturated heterocycles. The molecule has 0 aromatic heterocycles. The van der Waals surface area contributed by atoms with Gasteiger partial charge in [0.05, 0.1) is 0 Å². The summed E-state index contributed by atoms with van der Waals surface area (Å²) in [4.78, 5) is 27.4. The molecule has 1 fully saturated rings. The van der Waals surface area contributed by atoms with Crippen LogP contribution in [-0.2, 0) is 16.1 Å². The lowest BCUT2D eigenvalue weighted by atomic mass is 10.1. The van der Waals surface area contributed by atoms with Gasteiger partial charge < -0.3 is 15.3 Å². The maximum Gasteiger partial charge on any atom is 0.256 e. The normalized spacial score (nSPS) is 16.1. The van der Waals surface area contributed by atoms with Crippen LogP contribution in [0, 0.1) is 11.6 Å². The highest BCUT2D eigenvalue weighted by Gasteiger charge is 2.28. The average Bonchev–Trinajstić information content (AvgIpc) is 2.95. The Hall–Kier alpha value is -2.84. The predicted octanol–water partition coefficient (Wildman–Crippen LogP) is 2.69. The Morgan fingerprint density at radius 3 is 2.50 bits per heavy atom. The number of anilines is 1. The van der Waals surface area contributed by atoms with Gasteiger partial charge in [0, 0.05) is 50.9 Å². The second-order valence-electron chi connectivity index (χ2n) is 7.38. The van der Waals surface area contributed by atoms with Crippen LogP contribution >= 0.6 is 0 Å². The van der Waals surface area contributed by atoms with Crippen molar-refractivity contribution in [1.82, 2.24) is 9.80 Å². The lowest BCUT2D eigenvalue weighted by molar-refractivity contribution is -0.140. The monoisotopic (exact) mass is 417 g/mol. The minimum absolute atomic E-state index is 0.125. The Morgan fingerprint density at radius 2 is 1.80 bits per heavy atom. The number of nitrogens with one attached hydrogen (secondary N) is 1. The smallest absolute Gasteiger partial charge is 0.256 e. The number of carbonyl (C=O) groups is 2. The highest BCUT2D eigenvalue weighted by Crippen LogP contribution is 2.22. The molecule has 1 atom stereocenters. The second kappa shape index (κ2) is 9.77. The Kier molecular flexibility index (Phi) is 7.12. The summed E-state index contributed by atoms with van der Waals surface area (Å²) >= 11 is 0. The minimum atomic E-state index is -1.73. The van der Waals surface area contributed by atoms with Crippen LogP contribution in [0.4, 0.5) is 14.5 Å². The molecule has 2 aromatic rings. The molecule has 8 heteroatoms. The molecule has 1 unspecified atom stereocenters. The Balaban J connectivity index is 1.58. The van der Waals surface area contributed by atoms with Crippen molar-refractivity contribution in [2.75, 3.05) is 31.5 Å². The summed E-state index contributed by atoms with van der Waals surface area (Å²) in [5, 5.41) is 13.0. The van der Waals surface area contributed by atoms with Gasteiger partial charge in [-0.3, -0.25) is 14.5 Å². The number of carbonyl (C=O) groups excluding carboxylic acids is 2. The number of rotatable bonds is 5. The van der Waals surface area contributed by atoms with Gasteiger partial charge in [0.2, 0.25) is 5.91 Å². The number of aliphatic hydroxyl groups is 1. The van der Waals surface area contributed by atoms with Crippen molar-refractivity contribution in [3.63, 3.8) is 0 Å². The zero-order chi connectivity index (χ0) is 21.7. The molecule has 0 aliphatic carbocycles. The van der Waals surface area contributed by atoms with E-state index in [9.17, 15) is 23.5 Å². The van der Waals surface area contributed by atoms with Gasteiger partial charge in [-0.1, -0.05) is 24.3 Å².